The molecule has 0 bridgehead atoms. The standard InChI is InChI=1S/C15H22O3/c1-10-5-4-8-15(3)13(18-15)9-12(7-6-10)11(2)14(16)17/h5,12-13H,2,4,6-9H2,1,3H3,(H,16,17)/b10-5+. The fourth-order valence-electron chi connectivity index (χ4n) is 2.78. The van der Waals surface area contributed by atoms with Crippen molar-refractivity contribution in [3.63, 3.8) is 0 Å². The Balaban J connectivity index is 2.10. The molecule has 0 aromatic heterocycles. The molecular formula is C15H22O3. The first-order valence-corrected chi connectivity index (χ1v) is 6.68. The molecular weight excluding hydrogens is 228 g/mol. The Morgan fingerprint density at radius 2 is 2.33 bits per heavy atom. The minimum Gasteiger partial charge on any atom is -0.478 e. The fourth-order valence-corrected chi connectivity index (χ4v) is 2.78. The number of hydrogen-bond acceptors (Lipinski definition) is 2. The van der Waals surface area contributed by atoms with E-state index in [1.807, 2.05) is 0 Å². The molecule has 1 saturated heterocycles. The monoisotopic (exact) mass is 250 g/mol. The highest BCUT2D eigenvalue weighted by Crippen LogP contribution is 2.46. The minimum atomic E-state index is -0.874. The van der Waals surface area contributed by atoms with Gasteiger partial charge in [0.15, 0.2) is 0 Å². The van der Waals surface area contributed by atoms with Crippen LogP contribution in [0.3, 0.4) is 0 Å². The lowest BCUT2D eigenvalue weighted by Crippen LogP contribution is -2.18. The summed E-state index contributed by atoms with van der Waals surface area (Å²) in [5.41, 5.74) is 1.65. The van der Waals surface area contributed by atoms with Crippen molar-refractivity contribution in [1.29, 1.82) is 0 Å². The van der Waals surface area contributed by atoms with Gasteiger partial charge in [-0.05, 0) is 51.9 Å². The molecule has 1 heterocycles. The average molecular weight is 250 g/mol. The zero-order chi connectivity index (χ0) is 13.3. The lowest BCUT2D eigenvalue weighted by Gasteiger charge is -2.18. The number of aliphatic carboxylic acids is 1. The lowest BCUT2D eigenvalue weighted by molar-refractivity contribution is -0.133. The van der Waals surface area contributed by atoms with Gasteiger partial charge < -0.3 is 9.84 Å². The second-order valence-electron chi connectivity index (χ2n) is 5.81. The van der Waals surface area contributed by atoms with Crippen LogP contribution in [0.1, 0.15) is 46.0 Å². The third kappa shape index (κ3) is 2.83. The van der Waals surface area contributed by atoms with Gasteiger partial charge in [-0.2, -0.15) is 0 Å². The molecule has 0 radical (unpaired) electrons. The maximum absolute atomic E-state index is 11.1. The number of hydrogen-bond donors (Lipinski definition) is 1. The quantitative estimate of drug-likeness (QED) is 0.464. The lowest BCUT2D eigenvalue weighted by atomic mass is 9.84. The number of carbonyl (C=O) groups is 1. The van der Waals surface area contributed by atoms with Gasteiger partial charge in [0.05, 0.1) is 11.7 Å². The molecule has 0 aromatic carbocycles. The second kappa shape index (κ2) is 4.88. The summed E-state index contributed by atoms with van der Waals surface area (Å²) in [4.78, 5) is 11.1. The van der Waals surface area contributed by atoms with Crippen molar-refractivity contribution in [1.82, 2.24) is 0 Å². The highest BCUT2D eigenvalue weighted by atomic mass is 16.6. The van der Waals surface area contributed by atoms with Crippen molar-refractivity contribution in [3.05, 3.63) is 23.8 Å². The third-order valence-corrected chi connectivity index (χ3v) is 4.32. The van der Waals surface area contributed by atoms with E-state index in [0.717, 1.165) is 32.1 Å². The topological polar surface area (TPSA) is 49.8 Å². The predicted molar refractivity (Wildman–Crippen MR) is 70.4 cm³/mol. The SMILES string of the molecule is C=C(C(=O)O)C1CC/C(C)=C/CCC2(C)OC2C1. The molecule has 1 N–H and O–H groups in total. The number of fused-ring (bicyclic) bond motifs is 1. The Morgan fingerprint density at radius 3 is 3.00 bits per heavy atom. The summed E-state index contributed by atoms with van der Waals surface area (Å²) in [6.45, 7) is 7.98. The van der Waals surface area contributed by atoms with Crippen molar-refractivity contribution >= 4 is 5.97 Å². The fraction of sp³-hybridized carbons (Fsp3) is 0.667. The number of ether oxygens (including phenoxy) is 1. The van der Waals surface area contributed by atoms with Crippen molar-refractivity contribution < 1.29 is 14.6 Å². The Morgan fingerprint density at radius 1 is 1.61 bits per heavy atom. The van der Waals surface area contributed by atoms with Gasteiger partial charge in [0.2, 0.25) is 0 Å². The normalized spacial score (nSPS) is 39.1. The van der Waals surface area contributed by atoms with Gasteiger partial charge >= 0.3 is 5.97 Å². The zero-order valence-corrected chi connectivity index (χ0v) is 11.2. The van der Waals surface area contributed by atoms with Gasteiger partial charge in [-0.3, -0.25) is 0 Å². The van der Waals surface area contributed by atoms with Gasteiger partial charge in [0.25, 0.3) is 0 Å². The van der Waals surface area contributed by atoms with E-state index in [1.54, 1.807) is 0 Å². The Hall–Kier alpha value is -1.09. The molecule has 2 rings (SSSR count). The van der Waals surface area contributed by atoms with E-state index in [4.69, 9.17) is 9.84 Å². The summed E-state index contributed by atoms with van der Waals surface area (Å²) < 4.78 is 5.77. The first kappa shape index (κ1) is 13.3. The van der Waals surface area contributed by atoms with Gasteiger partial charge in [-0.25, -0.2) is 4.79 Å². The molecule has 3 nitrogen and oxygen atoms in total. The summed E-state index contributed by atoms with van der Waals surface area (Å²) in [6, 6.07) is 0. The Kier molecular flexibility index (Phi) is 3.62. The van der Waals surface area contributed by atoms with E-state index in [0.29, 0.717) is 5.57 Å². The van der Waals surface area contributed by atoms with E-state index in [1.165, 1.54) is 5.57 Å². The van der Waals surface area contributed by atoms with Gasteiger partial charge in [-0.15, -0.1) is 0 Å². The molecule has 18 heavy (non-hydrogen) atoms. The zero-order valence-electron chi connectivity index (χ0n) is 11.2. The summed E-state index contributed by atoms with van der Waals surface area (Å²) in [7, 11) is 0. The van der Waals surface area contributed by atoms with Crippen molar-refractivity contribution in [2.24, 2.45) is 5.92 Å². The molecule has 3 atom stereocenters. The highest BCUT2D eigenvalue weighted by molar-refractivity contribution is 5.86. The smallest absolute Gasteiger partial charge is 0.331 e. The van der Waals surface area contributed by atoms with Crippen LogP contribution in [0, 0.1) is 5.92 Å². The van der Waals surface area contributed by atoms with Gasteiger partial charge in [0, 0.05) is 5.57 Å². The maximum atomic E-state index is 11.1. The van der Waals surface area contributed by atoms with E-state index in [2.05, 4.69) is 26.5 Å². The van der Waals surface area contributed by atoms with Crippen LogP contribution in [0.15, 0.2) is 23.8 Å². The van der Waals surface area contributed by atoms with Crippen LogP contribution in [-0.2, 0) is 9.53 Å². The highest BCUT2D eigenvalue weighted by Gasteiger charge is 2.52. The average Bonchev–Trinajstić information content (AvgIpc) is 2.94. The molecule has 1 aliphatic heterocycles. The molecule has 100 valence electrons. The van der Waals surface area contributed by atoms with Crippen LogP contribution in [0.5, 0.6) is 0 Å². The summed E-state index contributed by atoms with van der Waals surface area (Å²) in [6.07, 6.45) is 7.18. The Labute approximate surface area is 109 Å². The minimum absolute atomic E-state index is 0.0366. The van der Waals surface area contributed by atoms with Crippen LogP contribution in [-0.4, -0.2) is 22.8 Å². The van der Waals surface area contributed by atoms with Crippen LogP contribution in [0.4, 0.5) is 0 Å². The van der Waals surface area contributed by atoms with Gasteiger partial charge in [-0.1, -0.05) is 18.2 Å². The number of carboxylic acid groups (broad SMARTS) is 1. The molecule has 1 aliphatic carbocycles. The number of allylic oxidation sites excluding steroid dienone is 2. The van der Waals surface area contributed by atoms with E-state index in [9.17, 15) is 4.79 Å². The van der Waals surface area contributed by atoms with E-state index >= 15 is 0 Å². The number of carboxylic acids is 1. The number of rotatable bonds is 2. The molecule has 0 spiro atoms. The van der Waals surface area contributed by atoms with E-state index in [-0.39, 0.29) is 17.6 Å². The summed E-state index contributed by atoms with van der Waals surface area (Å²) >= 11 is 0. The van der Waals surface area contributed by atoms with Crippen LogP contribution < -0.4 is 0 Å². The molecule has 0 aromatic rings. The second-order valence-corrected chi connectivity index (χ2v) is 5.81. The molecule has 0 saturated carbocycles. The predicted octanol–water partition coefficient (Wildman–Crippen LogP) is 3.31. The van der Waals surface area contributed by atoms with Crippen LogP contribution >= 0.6 is 0 Å². The Bertz CT molecular complexity index is 397. The molecule has 0 amide bonds. The first-order valence-electron chi connectivity index (χ1n) is 6.68. The van der Waals surface area contributed by atoms with Crippen molar-refractivity contribution in [2.75, 3.05) is 0 Å². The molecule has 2 aliphatic rings. The first-order chi connectivity index (χ1) is 8.42. The summed E-state index contributed by atoms with van der Waals surface area (Å²) in [5.74, 6) is -0.836. The molecule has 1 fully saturated rings. The molecule has 3 unspecified atom stereocenters. The summed E-state index contributed by atoms with van der Waals surface area (Å²) in [5, 5.41) is 9.10. The largest absolute Gasteiger partial charge is 0.478 e. The molecule has 3 heteroatoms. The van der Waals surface area contributed by atoms with Crippen molar-refractivity contribution in [2.45, 2.75) is 57.7 Å². The third-order valence-electron chi connectivity index (χ3n) is 4.32. The van der Waals surface area contributed by atoms with E-state index < -0.39 is 5.97 Å². The number of epoxide rings is 1. The van der Waals surface area contributed by atoms with Crippen LogP contribution in [0.2, 0.25) is 0 Å². The van der Waals surface area contributed by atoms with Crippen molar-refractivity contribution in [3.8, 4) is 0 Å². The maximum Gasteiger partial charge on any atom is 0.331 e. The van der Waals surface area contributed by atoms with Crippen LogP contribution in [0.25, 0.3) is 0 Å². The van der Waals surface area contributed by atoms with Gasteiger partial charge in [0.1, 0.15) is 0 Å².